The molecule has 0 aromatic carbocycles. The first-order chi connectivity index (χ1) is 8.36. The summed E-state index contributed by atoms with van der Waals surface area (Å²) in [4.78, 5) is 11.4. The fourth-order valence-corrected chi connectivity index (χ4v) is 2.70. The van der Waals surface area contributed by atoms with Gasteiger partial charge in [-0.3, -0.25) is 0 Å². The van der Waals surface area contributed by atoms with E-state index in [1.165, 1.54) is 12.0 Å². The van der Waals surface area contributed by atoms with Gasteiger partial charge in [0, 0.05) is 25.5 Å². The summed E-state index contributed by atoms with van der Waals surface area (Å²) in [5.41, 5.74) is 1.32. The molecule has 3 heteroatoms. The summed E-state index contributed by atoms with van der Waals surface area (Å²) in [6.45, 7) is 13.4. The molecule has 0 aliphatic carbocycles. The third kappa shape index (κ3) is 3.01. The number of nitrogens with zero attached hydrogens (tertiary/aromatic N) is 3. The summed E-state index contributed by atoms with van der Waals surface area (Å²) in [6.07, 6.45) is 5.27. The minimum atomic E-state index is 0.126. The highest BCUT2D eigenvalue weighted by atomic mass is 15.3. The number of hydrogen-bond donors (Lipinski definition) is 0. The number of rotatable bonds is 1. The second-order valence-corrected chi connectivity index (χ2v) is 6.87. The number of anilines is 1. The molecule has 0 N–H and O–H groups in total. The van der Waals surface area contributed by atoms with Crippen LogP contribution in [0.1, 0.15) is 46.6 Å². The fraction of sp³-hybridized carbons (Fsp3) is 0.733. The van der Waals surface area contributed by atoms with Crippen molar-refractivity contribution in [2.24, 2.45) is 11.8 Å². The van der Waals surface area contributed by atoms with Gasteiger partial charge in [0.05, 0.1) is 0 Å². The topological polar surface area (TPSA) is 29.0 Å². The van der Waals surface area contributed by atoms with Gasteiger partial charge in [0.1, 0.15) is 0 Å². The van der Waals surface area contributed by atoms with Crippen LogP contribution in [0.15, 0.2) is 12.4 Å². The quantitative estimate of drug-likeness (QED) is 0.762. The molecule has 2 rings (SSSR count). The van der Waals surface area contributed by atoms with Gasteiger partial charge >= 0.3 is 0 Å². The molecule has 0 amide bonds. The van der Waals surface area contributed by atoms with Crippen molar-refractivity contribution in [3.63, 3.8) is 0 Å². The van der Waals surface area contributed by atoms with Crippen LogP contribution in [0, 0.1) is 11.8 Å². The summed E-state index contributed by atoms with van der Waals surface area (Å²) >= 11 is 0. The van der Waals surface area contributed by atoms with Crippen molar-refractivity contribution < 1.29 is 0 Å². The summed E-state index contributed by atoms with van der Waals surface area (Å²) in [7, 11) is 0. The highest BCUT2D eigenvalue weighted by molar-refractivity contribution is 5.32. The highest BCUT2D eigenvalue weighted by Crippen LogP contribution is 2.25. The Morgan fingerprint density at radius 3 is 2.00 bits per heavy atom. The molecule has 1 aromatic heterocycles. The minimum absolute atomic E-state index is 0.126. The first-order valence-corrected chi connectivity index (χ1v) is 6.93. The van der Waals surface area contributed by atoms with Gasteiger partial charge in [-0.2, -0.15) is 0 Å². The van der Waals surface area contributed by atoms with Gasteiger partial charge in [0.15, 0.2) is 0 Å². The minimum Gasteiger partial charge on any atom is -0.340 e. The van der Waals surface area contributed by atoms with Gasteiger partial charge in [0.25, 0.3) is 0 Å². The molecule has 1 aromatic rings. The van der Waals surface area contributed by atoms with Gasteiger partial charge in [-0.15, -0.1) is 0 Å². The lowest BCUT2D eigenvalue weighted by atomic mass is 9.89. The first kappa shape index (κ1) is 13.3. The van der Waals surface area contributed by atoms with Crippen molar-refractivity contribution in [1.82, 2.24) is 9.97 Å². The third-order valence-electron chi connectivity index (χ3n) is 3.66. The van der Waals surface area contributed by atoms with Crippen LogP contribution in [0.3, 0.4) is 0 Å². The molecule has 1 aliphatic rings. The molecule has 3 nitrogen and oxygen atoms in total. The maximum atomic E-state index is 4.55. The van der Waals surface area contributed by atoms with E-state index in [9.17, 15) is 0 Å². The van der Waals surface area contributed by atoms with Crippen molar-refractivity contribution in [3.8, 4) is 0 Å². The van der Waals surface area contributed by atoms with E-state index >= 15 is 0 Å². The van der Waals surface area contributed by atoms with E-state index in [0.717, 1.165) is 30.9 Å². The van der Waals surface area contributed by atoms with E-state index in [1.807, 2.05) is 12.4 Å². The molecule has 0 bridgehead atoms. The van der Waals surface area contributed by atoms with Gasteiger partial charge < -0.3 is 4.90 Å². The van der Waals surface area contributed by atoms with E-state index in [2.05, 4.69) is 49.5 Å². The summed E-state index contributed by atoms with van der Waals surface area (Å²) in [5.74, 6) is 2.36. The van der Waals surface area contributed by atoms with Crippen LogP contribution in [0.4, 0.5) is 5.95 Å². The zero-order valence-corrected chi connectivity index (χ0v) is 12.3. The lowest BCUT2D eigenvalue weighted by Crippen LogP contribution is -2.39. The Kier molecular flexibility index (Phi) is 3.60. The molecule has 0 unspecified atom stereocenters. The van der Waals surface area contributed by atoms with Crippen molar-refractivity contribution in [2.45, 2.75) is 46.5 Å². The van der Waals surface area contributed by atoms with E-state index in [1.54, 1.807) is 0 Å². The van der Waals surface area contributed by atoms with Crippen molar-refractivity contribution in [3.05, 3.63) is 18.0 Å². The molecule has 100 valence electrons. The molecule has 0 radical (unpaired) electrons. The maximum absolute atomic E-state index is 4.55. The average molecular weight is 247 g/mol. The summed E-state index contributed by atoms with van der Waals surface area (Å²) in [6, 6.07) is 0. The largest absolute Gasteiger partial charge is 0.340 e. The Morgan fingerprint density at radius 2 is 1.56 bits per heavy atom. The van der Waals surface area contributed by atoms with Crippen molar-refractivity contribution >= 4 is 5.95 Å². The first-order valence-electron chi connectivity index (χ1n) is 6.93. The highest BCUT2D eigenvalue weighted by Gasteiger charge is 2.24. The Bertz CT molecular complexity index is 381. The molecule has 1 saturated heterocycles. The standard InChI is InChI=1S/C15H25N3/c1-11-6-12(2)10-18(9-11)14-16-7-13(8-17-14)15(3,4)5/h7-8,11-12H,6,9-10H2,1-5H3/t11-,12+. The summed E-state index contributed by atoms with van der Waals surface area (Å²) in [5, 5.41) is 0. The predicted octanol–water partition coefficient (Wildman–Crippen LogP) is 3.26. The monoisotopic (exact) mass is 247 g/mol. The second kappa shape index (κ2) is 4.87. The fourth-order valence-electron chi connectivity index (χ4n) is 2.70. The molecule has 0 spiro atoms. The van der Waals surface area contributed by atoms with Crippen LogP contribution in [0.25, 0.3) is 0 Å². The molecular formula is C15H25N3. The molecular weight excluding hydrogens is 222 g/mol. The smallest absolute Gasteiger partial charge is 0.225 e. The molecule has 0 saturated carbocycles. The maximum Gasteiger partial charge on any atom is 0.225 e. The van der Waals surface area contributed by atoms with Crippen LogP contribution in [0.2, 0.25) is 0 Å². The zero-order chi connectivity index (χ0) is 13.3. The third-order valence-corrected chi connectivity index (χ3v) is 3.66. The van der Waals surface area contributed by atoms with E-state index in [-0.39, 0.29) is 5.41 Å². The lowest BCUT2D eigenvalue weighted by Gasteiger charge is -2.35. The Hall–Kier alpha value is -1.12. The zero-order valence-electron chi connectivity index (χ0n) is 12.3. The van der Waals surface area contributed by atoms with Gasteiger partial charge in [-0.05, 0) is 29.2 Å². The number of piperidine rings is 1. The van der Waals surface area contributed by atoms with Gasteiger partial charge in [-0.1, -0.05) is 34.6 Å². The second-order valence-electron chi connectivity index (χ2n) is 6.87. The van der Waals surface area contributed by atoms with Crippen molar-refractivity contribution in [2.75, 3.05) is 18.0 Å². The van der Waals surface area contributed by atoms with Crippen LogP contribution in [-0.4, -0.2) is 23.1 Å². The Labute approximate surface area is 111 Å². The van der Waals surface area contributed by atoms with Crippen molar-refractivity contribution in [1.29, 1.82) is 0 Å². The number of aromatic nitrogens is 2. The van der Waals surface area contributed by atoms with Crippen LogP contribution < -0.4 is 4.90 Å². The van der Waals surface area contributed by atoms with Gasteiger partial charge in [0.2, 0.25) is 5.95 Å². The molecule has 1 fully saturated rings. The van der Waals surface area contributed by atoms with Crippen LogP contribution in [0.5, 0.6) is 0 Å². The molecule has 1 aliphatic heterocycles. The van der Waals surface area contributed by atoms with Crippen LogP contribution >= 0.6 is 0 Å². The predicted molar refractivity (Wildman–Crippen MR) is 75.9 cm³/mol. The van der Waals surface area contributed by atoms with E-state index in [4.69, 9.17) is 0 Å². The summed E-state index contributed by atoms with van der Waals surface area (Å²) < 4.78 is 0. The molecule has 2 heterocycles. The van der Waals surface area contributed by atoms with Crippen LogP contribution in [-0.2, 0) is 5.41 Å². The average Bonchev–Trinajstić information content (AvgIpc) is 2.27. The van der Waals surface area contributed by atoms with E-state index < -0.39 is 0 Å². The molecule has 18 heavy (non-hydrogen) atoms. The van der Waals surface area contributed by atoms with Gasteiger partial charge in [-0.25, -0.2) is 9.97 Å². The normalized spacial score (nSPS) is 25.3. The SMILES string of the molecule is C[C@@H]1C[C@H](C)CN(c2ncc(C(C)(C)C)cn2)C1. The Morgan fingerprint density at radius 1 is 1.06 bits per heavy atom. The lowest BCUT2D eigenvalue weighted by molar-refractivity contribution is 0.353. The molecule has 2 atom stereocenters. The Balaban J connectivity index is 2.14. The number of hydrogen-bond acceptors (Lipinski definition) is 3. The van der Waals surface area contributed by atoms with E-state index in [0.29, 0.717) is 0 Å².